The van der Waals surface area contributed by atoms with Gasteiger partial charge >= 0.3 is 35.5 Å². The summed E-state index contributed by atoms with van der Waals surface area (Å²) in [7, 11) is 2.74. The van der Waals surface area contributed by atoms with Crippen molar-refractivity contribution in [3.05, 3.63) is 41.1 Å². The van der Waals surface area contributed by atoms with Gasteiger partial charge in [0.1, 0.15) is 0 Å². The van der Waals surface area contributed by atoms with Gasteiger partial charge in [-0.1, -0.05) is 24.3 Å². The van der Waals surface area contributed by atoms with Gasteiger partial charge in [-0.25, -0.2) is 4.79 Å². The van der Waals surface area contributed by atoms with Crippen LogP contribution < -0.4 is 29.6 Å². The standard InChI is InChI=1S/C12H13NO4.Na.H/c1-13-9(12(16)17-2)10(14)7-5-3-4-6-8(7)11(13)15;;/h3-6,11,14-15H,1-2H3;;/q;+1;-1. The van der Waals surface area contributed by atoms with Gasteiger partial charge in [-0.2, -0.15) is 0 Å². The molecule has 0 saturated carbocycles. The molecule has 6 heteroatoms. The van der Waals surface area contributed by atoms with Gasteiger partial charge in [0.2, 0.25) is 0 Å². The Morgan fingerprint density at radius 1 is 1.44 bits per heavy atom. The predicted molar refractivity (Wildman–Crippen MR) is 61.8 cm³/mol. The second-order valence-corrected chi connectivity index (χ2v) is 3.76. The van der Waals surface area contributed by atoms with Crippen molar-refractivity contribution in [2.24, 2.45) is 0 Å². The topological polar surface area (TPSA) is 70.0 Å². The maximum Gasteiger partial charge on any atom is 1.00 e. The SMILES string of the molecule is COC(=O)C1=C(O)c2ccccc2C(O)N1C.[H-].[Na+]. The van der Waals surface area contributed by atoms with Crippen molar-refractivity contribution in [1.82, 2.24) is 4.90 Å². The average molecular weight is 259 g/mol. The van der Waals surface area contributed by atoms with Crippen LogP contribution in [0.15, 0.2) is 30.0 Å². The number of aliphatic hydroxyl groups is 2. The molecule has 0 aromatic heterocycles. The second kappa shape index (κ2) is 5.75. The number of benzene rings is 1. The summed E-state index contributed by atoms with van der Waals surface area (Å²) in [5, 5.41) is 20.1. The van der Waals surface area contributed by atoms with E-state index in [9.17, 15) is 15.0 Å². The summed E-state index contributed by atoms with van der Waals surface area (Å²) in [5.41, 5.74) is 0.956. The summed E-state index contributed by atoms with van der Waals surface area (Å²) in [6.07, 6.45) is -0.976. The predicted octanol–water partition coefficient (Wildman–Crippen LogP) is -1.86. The van der Waals surface area contributed by atoms with E-state index in [0.717, 1.165) is 0 Å². The van der Waals surface area contributed by atoms with E-state index in [-0.39, 0.29) is 42.4 Å². The number of nitrogens with zero attached hydrogens (tertiary/aromatic N) is 1. The quantitative estimate of drug-likeness (QED) is 0.457. The number of rotatable bonds is 1. The number of carbonyl (C=O) groups excluding carboxylic acids is 1. The van der Waals surface area contributed by atoms with Crippen LogP contribution in [0, 0.1) is 0 Å². The van der Waals surface area contributed by atoms with Crippen molar-refractivity contribution in [1.29, 1.82) is 0 Å². The van der Waals surface area contributed by atoms with Crippen molar-refractivity contribution in [2.45, 2.75) is 6.23 Å². The molecule has 1 unspecified atom stereocenters. The molecule has 18 heavy (non-hydrogen) atoms. The zero-order valence-electron chi connectivity index (χ0n) is 11.5. The fourth-order valence-corrected chi connectivity index (χ4v) is 1.90. The molecule has 1 aliphatic heterocycles. The number of esters is 1. The van der Waals surface area contributed by atoms with E-state index >= 15 is 0 Å². The van der Waals surface area contributed by atoms with Gasteiger partial charge in [-0.15, -0.1) is 0 Å². The smallest absolute Gasteiger partial charge is 1.00 e. The van der Waals surface area contributed by atoms with Gasteiger partial charge < -0.3 is 21.3 Å². The second-order valence-electron chi connectivity index (χ2n) is 3.76. The van der Waals surface area contributed by atoms with Gasteiger partial charge in [-0.05, 0) is 0 Å². The van der Waals surface area contributed by atoms with E-state index < -0.39 is 12.2 Å². The first-order chi connectivity index (χ1) is 8.07. The number of aliphatic hydroxyl groups excluding tert-OH is 2. The summed E-state index contributed by atoms with van der Waals surface area (Å²) in [5.74, 6) is -0.862. The maximum atomic E-state index is 11.6. The molecule has 1 aromatic rings. The minimum Gasteiger partial charge on any atom is -1.00 e. The summed E-state index contributed by atoms with van der Waals surface area (Å²) in [6.45, 7) is 0. The van der Waals surface area contributed by atoms with Crippen LogP contribution in [0.4, 0.5) is 0 Å². The molecule has 2 rings (SSSR count). The van der Waals surface area contributed by atoms with Crippen LogP contribution in [0.3, 0.4) is 0 Å². The van der Waals surface area contributed by atoms with Crippen molar-refractivity contribution < 1.29 is 50.7 Å². The van der Waals surface area contributed by atoms with Crippen LogP contribution in [-0.2, 0) is 9.53 Å². The minimum atomic E-state index is -0.976. The monoisotopic (exact) mass is 259 g/mol. The van der Waals surface area contributed by atoms with Crippen LogP contribution in [0.5, 0.6) is 0 Å². The molecule has 1 atom stereocenters. The number of ether oxygens (including phenoxy) is 1. The normalized spacial score (nSPS) is 17.9. The number of hydrogen-bond acceptors (Lipinski definition) is 5. The summed E-state index contributed by atoms with van der Waals surface area (Å²) >= 11 is 0. The molecule has 1 aliphatic rings. The van der Waals surface area contributed by atoms with E-state index in [1.54, 1.807) is 24.3 Å². The molecule has 0 bridgehead atoms. The van der Waals surface area contributed by atoms with Crippen molar-refractivity contribution in [3.8, 4) is 0 Å². The Hall–Kier alpha value is -1.01. The molecule has 0 aliphatic carbocycles. The molecule has 0 saturated heterocycles. The molecule has 1 heterocycles. The van der Waals surface area contributed by atoms with Gasteiger partial charge in [0, 0.05) is 18.2 Å². The molecular formula is C12H14NNaO4. The van der Waals surface area contributed by atoms with E-state index in [2.05, 4.69) is 4.74 Å². The zero-order valence-corrected chi connectivity index (χ0v) is 12.5. The first kappa shape index (κ1) is 15.0. The van der Waals surface area contributed by atoms with Crippen molar-refractivity contribution in [2.75, 3.05) is 14.2 Å². The van der Waals surface area contributed by atoms with Gasteiger partial charge in [0.25, 0.3) is 0 Å². The molecule has 92 valence electrons. The van der Waals surface area contributed by atoms with Crippen LogP contribution in [0.25, 0.3) is 5.76 Å². The molecule has 0 spiro atoms. The Labute approximate surface area is 128 Å². The van der Waals surface area contributed by atoms with E-state index in [4.69, 9.17) is 0 Å². The van der Waals surface area contributed by atoms with Crippen molar-refractivity contribution in [3.63, 3.8) is 0 Å². The number of methoxy groups -OCH3 is 1. The Bertz CT molecular complexity index is 506. The Morgan fingerprint density at radius 2 is 2.06 bits per heavy atom. The molecular weight excluding hydrogens is 245 g/mol. The van der Waals surface area contributed by atoms with Crippen LogP contribution in [0.2, 0.25) is 0 Å². The van der Waals surface area contributed by atoms with E-state index in [1.807, 2.05) is 0 Å². The third-order valence-electron chi connectivity index (χ3n) is 2.82. The number of hydrogen-bond donors (Lipinski definition) is 2. The summed E-state index contributed by atoms with van der Waals surface area (Å²) < 4.78 is 4.58. The van der Waals surface area contributed by atoms with Crippen molar-refractivity contribution >= 4 is 11.7 Å². The number of likely N-dealkylation sites (N-methyl/N-ethyl adjacent to an activating group) is 1. The Morgan fingerprint density at radius 3 is 2.67 bits per heavy atom. The van der Waals surface area contributed by atoms with E-state index in [1.165, 1.54) is 19.1 Å². The third kappa shape index (κ3) is 2.27. The third-order valence-corrected chi connectivity index (χ3v) is 2.82. The van der Waals surface area contributed by atoms with Gasteiger partial charge in [-0.3, -0.25) is 0 Å². The van der Waals surface area contributed by atoms with E-state index in [0.29, 0.717) is 11.1 Å². The molecule has 1 aromatic carbocycles. The molecule has 0 fully saturated rings. The van der Waals surface area contributed by atoms with Gasteiger partial charge in [0.15, 0.2) is 17.7 Å². The van der Waals surface area contributed by atoms with Crippen LogP contribution >= 0.6 is 0 Å². The Balaban J connectivity index is 0.00000162. The molecule has 5 nitrogen and oxygen atoms in total. The molecule has 0 amide bonds. The largest absolute Gasteiger partial charge is 1.00 e. The molecule has 0 radical (unpaired) electrons. The maximum absolute atomic E-state index is 11.6. The zero-order chi connectivity index (χ0) is 12.6. The summed E-state index contributed by atoms with van der Waals surface area (Å²) in [6, 6.07) is 6.82. The first-order valence-electron chi connectivity index (χ1n) is 5.09. The van der Waals surface area contributed by atoms with Crippen LogP contribution in [-0.4, -0.2) is 35.2 Å². The fourth-order valence-electron chi connectivity index (χ4n) is 1.90. The minimum absolute atomic E-state index is 0. The number of fused-ring (bicyclic) bond motifs is 1. The van der Waals surface area contributed by atoms with Gasteiger partial charge in [0.05, 0.1) is 7.11 Å². The average Bonchev–Trinajstić information content (AvgIpc) is 2.36. The summed E-state index contributed by atoms with van der Waals surface area (Å²) in [4.78, 5) is 12.8. The Kier molecular flexibility index (Phi) is 4.81. The first-order valence-corrected chi connectivity index (χ1v) is 5.09. The van der Waals surface area contributed by atoms with Crippen LogP contribution in [0.1, 0.15) is 18.8 Å². The molecule has 2 N–H and O–H groups in total. The number of carbonyl (C=O) groups is 1. The fraction of sp³-hybridized carbons (Fsp3) is 0.250.